The van der Waals surface area contributed by atoms with E-state index in [1.54, 1.807) is 17.8 Å². The number of benzene rings is 3. The van der Waals surface area contributed by atoms with Crippen LogP contribution in [0.15, 0.2) is 82.6 Å². The maximum atomic E-state index is 12.9. The smallest absolute Gasteiger partial charge is 0.192 e. The van der Waals surface area contributed by atoms with Crippen LogP contribution in [-0.2, 0) is 6.18 Å². The lowest BCUT2D eigenvalue weighted by atomic mass is 10.0. The predicted octanol–water partition coefficient (Wildman–Crippen LogP) is 7.57. The Morgan fingerprint density at radius 3 is 2.11 bits per heavy atom. The highest BCUT2D eigenvalue weighted by Crippen LogP contribution is 2.32. The molecule has 3 rings (SSSR count). The summed E-state index contributed by atoms with van der Waals surface area (Å²) in [5.41, 5.74) is 0.358. The molecule has 3 aromatic rings. The largest absolute Gasteiger partial charge is 0.416 e. The molecule has 0 saturated heterocycles. The quantitative estimate of drug-likeness (QED) is 0.324. The van der Waals surface area contributed by atoms with Gasteiger partial charge in [-0.25, -0.2) is 0 Å². The molecule has 0 aliphatic carbocycles. The standard InChI is InChI=1S/C22H13ClF3NS/c23-19-6-10-21(11-7-19)28-20-8-4-15(5-9-20)12-17(14-27)16-2-1-3-18(13-16)22(24,25)26/h1-13H/b17-12-. The van der Waals surface area contributed by atoms with Crippen molar-refractivity contribution in [2.45, 2.75) is 16.0 Å². The van der Waals surface area contributed by atoms with Gasteiger partial charge in [-0.1, -0.05) is 47.6 Å². The van der Waals surface area contributed by atoms with Crippen LogP contribution >= 0.6 is 23.4 Å². The van der Waals surface area contributed by atoms with E-state index in [9.17, 15) is 18.4 Å². The number of rotatable bonds is 4. The molecule has 0 bridgehead atoms. The van der Waals surface area contributed by atoms with Crippen molar-refractivity contribution in [2.24, 2.45) is 0 Å². The first-order valence-electron chi connectivity index (χ1n) is 8.18. The second-order valence-electron chi connectivity index (χ2n) is 5.87. The third-order valence-corrected chi connectivity index (χ3v) is 5.13. The summed E-state index contributed by atoms with van der Waals surface area (Å²) in [6, 6.07) is 21.7. The van der Waals surface area contributed by atoms with Crippen molar-refractivity contribution >= 4 is 35.0 Å². The highest BCUT2D eigenvalue weighted by molar-refractivity contribution is 7.99. The number of halogens is 4. The van der Waals surface area contributed by atoms with Gasteiger partial charge in [-0.3, -0.25) is 0 Å². The first kappa shape index (κ1) is 20.1. The Kier molecular flexibility index (Phi) is 6.13. The fraction of sp³-hybridized carbons (Fsp3) is 0.0455. The fourth-order valence-electron chi connectivity index (χ4n) is 2.48. The summed E-state index contributed by atoms with van der Waals surface area (Å²) in [5, 5.41) is 10.1. The molecule has 0 unspecified atom stereocenters. The van der Waals surface area contributed by atoms with E-state index >= 15 is 0 Å². The summed E-state index contributed by atoms with van der Waals surface area (Å²) < 4.78 is 38.7. The van der Waals surface area contributed by atoms with Crippen molar-refractivity contribution in [3.05, 3.63) is 94.5 Å². The van der Waals surface area contributed by atoms with E-state index in [1.807, 2.05) is 54.6 Å². The van der Waals surface area contributed by atoms with Gasteiger partial charge in [0, 0.05) is 14.8 Å². The summed E-state index contributed by atoms with van der Waals surface area (Å²) in [5.74, 6) is 0. The van der Waals surface area contributed by atoms with Gasteiger partial charge in [0.1, 0.15) is 0 Å². The molecule has 28 heavy (non-hydrogen) atoms. The number of hydrogen-bond acceptors (Lipinski definition) is 2. The lowest BCUT2D eigenvalue weighted by Crippen LogP contribution is -2.04. The monoisotopic (exact) mass is 415 g/mol. The predicted molar refractivity (Wildman–Crippen MR) is 107 cm³/mol. The number of hydrogen-bond donors (Lipinski definition) is 0. The first-order valence-corrected chi connectivity index (χ1v) is 9.37. The maximum Gasteiger partial charge on any atom is 0.416 e. The molecule has 6 heteroatoms. The van der Waals surface area contributed by atoms with Crippen LogP contribution in [0, 0.1) is 11.3 Å². The Balaban J connectivity index is 1.81. The average Bonchev–Trinajstić information content (AvgIpc) is 2.68. The molecule has 0 saturated carbocycles. The van der Waals surface area contributed by atoms with Crippen LogP contribution in [-0.4, -0.2) is 0 Å². The van der Waals surface area contributed by atoms with Crippen molar-refractivity contribution in [3.8, 4) is 6.07 Å². The number of nitriles is 1. The van der Waals surface area contributed by atoms with E-state index in [0.717, 1.165) is 27.5 Å². The highest BCUT2D eigenvalue weighted by atomic mass is 35.5. The van der Waals surface area contributed by atoms with Gasteiger partial charge in [-0.2, -0.15) is 18.4 Å². The Bertz CT molecular complexity index is 1030. The van der Waals surface area contributed by atoms with Gasteiger partial charge in [0.2, 0.25) is 0 Å². The van der Waals surface area contributed by atoms with Crippen LogP contribution < -0.4 is 0 Å². The Hall–Kier alpha value is -2.68. The first-order chi connectivity index (χ1) is 13.3. The van der Waals surface area contributed by atoms with E-state index in [4.69, 9.17) is 11.6 Å². The lowest BCUT2D eigenvalue weighted by molar-refractivity contribution is -0.137. The van der Waals surface area contributed by atoms with Gasteiger partial charge in [0.15, 0.2) is 0 Å². The summed E-state index contributed by atoms with van der Waals surface area (Å²) in [6.45, 7) is 0. The van der Waals surface area contributed by atoms with E-state index in [1.165, 1.54) is 12.1 Å². The zero-order valence-electron chi connectivity index (χ0n) is 14.4. The minimum atomic E-state index is -4.45. The molecular formula is C22H13ClF3NS. The van der Waals surface area contributed by atoms with Gasteiger partial charge in [0.05, 0.1) is 17.2 Å². The van der Waals surface area contributed by atoms with Gasteiger partial charge in [-0.05, 0) is 65.7 Å². The summed E-state index contributed by atoms with van der Waals surface area (Å²) in [6.07, 6.45) is -2.87. The van der Waals surface area contributed by atoms with Crippen LogP contribution in [0.3, 0.4) is 0 Å². The topological polar surface area (TPSA) is 23.8 Å². The van der Waals surface area contributed by atoms with Crippen LogP contribution in [0.1, 0.15) is 16.7 Å². The molecule has 0 atom stereocenters. The Morgan fingerprint density at radius 1 is 0.929 bits per heavy atom. The Labute approximate surface area is 170 Å². The molecule has 0 fully saturated rings. The third-order valence-electron chi connectivity index (χ3n) is 3.86. The molecular weight excluding hydrogens is 403 g/mol. The van der Waals surface area contributed by atoms with Crippen molar-refractivity contribution in [3.63, 3.8) is 0 Å². The normalized spacial score (nSPS) is 11.9. The molecule has 0 radical (unpaired) electrons. The van der Waals surface area contributed by atoms with Crippen molar-refractivity contribution in [1.82, 2.24) is 0 Å². The van der Waals surface area contributed by atoms with E-state index < -0.39 is 11.7 Å². The zero-order chi connectivity index (χ0) is 20.1. The van der Waals surface area contributed by atoms with Gasteiger partial charge < -0.3 is 0 Å². The molecule has 3 aromatic carbocycles. The van der Waals surface area contributed by atoms with Crippen LogP contribution in [0.25, 0.3) is 11.6 Å². The molecule has 0 aliphatic rings. The van der Waals surface area contributed by atoms with Crippen LogP contribution in [0.2, 0.25) is 5.02 Å². The molecule has 0 aliphatic heterocycles. The molecule has 1 nitrogen and oxygen atoms in total. The van der Waals surface area contributed by atoms with Crippen LogP contribution in [0.5, 0.6) is 0 Å². The van der Waals surface area contributed by atoms with Crippen LogP contribution in [0.4, 0.5) is 13.2 Å². The SMILES string of the molecule is N#C/C(=C/c1ccc(Sc2ccc(Cl)cc2)cc1)c1cccc(C(F)(F)F)c1. The molecule has 140 valence electrons. The molecule has 0 heterocycles. The highest BCUT2D eigenvalue weighted by Gasteiger charge is 2.30. The molecule has 0 N–H and O–H groups in total. The van der Waals surface area contributed by atoms with Crippen molar-refractivity contribution in [2.75, 3.05) is 0 Å². The summed E-state index contributed by atoms with van der Waals surface area (Å²) >= 11 is 7.44. The number of alkyl halides is 3. The minimum absolute atomic E-state index is 0.171. The lowest BCUT2D eigenvalue weighted by Gasteiger charge is -2.08. The van der Waals surface area contributed by atoms with E-state index in [0.29, 0.717) is 5.02 Å². The number of allylic oxidation sites excluding steroid dienone is 1. The van der Waals surface area contributed by atoms with Gasteiger partial charge in [0.25, 0.3) is 0 Å². The molecule has 0 amide bonds. The molecule has 0 aromatic heterocycles. The minimum Gasteiger partial charge on any atom is -0.192 e. The third kappa shape index (κ3) is 5.19. The van der Waals surface area contributed by atoms with Crippen molar-refractivity contribution < 1.29 is 13.2 Å². The molecule has 0 spiro atoms. The maximum absolute atomic E-state index is 12.9. The van der Waals surface area contributed by atoms with E-state index in [-0.39, 0.29) is 11.1 Å². The second kappa shape index (κ2) is 8.55. The Morgan fingerprint density at radius 2 is 1.54 bits per heavy atom. The fourth-order valence-corrected chi connectivity index (χ4v) is 3.42. The average molecular weight is 416 g/mol. The summed E-state index contributed by atoms with van der Waals surface area (Å²) in [7, 11) is 0. The van der Waals surface area contributed by atoms with Gasteiger partial charge >= 0.3 is 6.18 Å². The zero-order valence-corrected chi connectivity index (χ0v) is 15.9. The van der Waals surface area contributed by atoms with Gasteiger partial charge in [-0.15, -0.1) is 0 Å². The summed E-state index contributed by atoms with van der Waals surface area (Å²) in [4.78, 5) is 2.03. The van der Waals surface area contributed by atoms with E-state index in [2.05, 4.69) is 0 Å². The van der Waals surface area contributed by atoms with Crippen molar-refractivity contribution in [1.29, 1.82) is 5.26 Å². The second-order valence-corrected chi connectivity index (χ2v) is 7.46. The number of nitrogens with zero attached hydrogens (tertiary/aromatic N) is 1.